The van der Waals surface area contributed by atoms with Crippen molar-refractivity contribution in [1.29, 1.82) is 0 Å². The van der Waals surface area contributed by atoms with Crippen molar-refractivity contribution in [1.82, 2.24) is 0 Å². The van der Waals surface area contributed by atoms with Crippen molar-refractivity contribution in [3.05, 3.63) is 59.7 Å². The number of halogens is 3. The second kappa shape index (κ2) is 11.3. The van der Waals surface area contributed by atoms with Crippen molar-refractivity contribution >= 4 is 11.6 Å². The number of anilines is 1. The summed E-state index contributed by atoms with van der Waals surface area (Å²) in [5.41, 5.74) is -1.37. The van der Waals surface area contributed by atoms with E-state index >= 15 is 0 Å². The van der Waals surface area contributed by atoms with Crippen LogP contribution in [-0.2, 0) is 15.7 Å². The lowest BCUT2D eigenvalue weighted by Crippen LogP contribution is -2.59. The van der Waals surface area contributed by atoms with Crippen LogP contribution in [0.1, 0.15) is 22.8 Å². The fourth-order valence-electron chi connectivity index (χ4n) is 3.48. The van der Waals surface area contributed by atoms with E-state index in [1.54, 1.807) is 13.0 Å². The van der Waals surface area contributed by atoms with Gasteiger partial charge in [-0.3, -0.25) is 4.79 Å². The van der Waals surface area contributed by atoms with Crippen LogP contribution in [0, 0.1) is 0 Å². The van der Waals surface area contributed by atoms with Crippen LogP contribution < -0.4 is 10.1 Å². The van der Waals surface area contributed by atoms with Gasteiger partial charge in [-0.1, -0.05) is 18.2 Å². The molecule has 0 aromatic heterocycles. The van der Waals surface area contributed by atoms with E-state index in [0.29, 0.717) is 0 Å². The van der Waals surface area contributed by atoms with Crippen molar-refractivity contribution in [3.8, 4) is 5.75 Å². The van der Waals surface area contributed by atoms with Crippen LogP contribution in [0.5, 0.6) is 5.75 Å². The number of benzene rings is 2. The van der Waals surface area contributed by atoms with Crippen LogP contribution in [-0.4, -0.2) is 76.4 Å². The molecule has 1 aliphatic heterocycles. The Morgan fingerprint density at radius 3 is 2.49 bits per heavy atom. The van der Waals surface area contributed by atoms with E-state index in [2.05, 4.69) is 5.32 Å². The van der Waals surface area contributed by atoms with Gasteiger partial charge in [0.2, 0.25) is 0 Å². The fourth-order valence-corrected chi connectivity index (χ4v) is 3.48. The van der Waals surface area contributed by atoms with E-state index in [1.807, 2.05) is 0 Å². The maximum absolute atomic E-state index is 13.2. The van der Waals surface area contributed by atoms with E-state index in [4.69, 9.17) is 14.2 Å². The average Bonchev–Trinajstić information content (AvgIpc) is 2.82. The van der Waals surface area contributed by atoms with Gasteiger partial charge in [0, 0.05) is 11.8 Å². The smallest absolute Gasteiger partial charge is 0.417 e. The molecule has 35 heavy (non-hydrogen) atoms. The fraction of sp³-hybridized carbons (Fsp3) is 0.435. The number of hydrogen-bond donors (Lipinski definition) is 5. The van der Waals surface area contributed by atoms with Gasteiger partial charge in [0.05, 0.1) is 24.3 Å². The molecular formula is C23H26F3NO8. The van der Waals surface area contributed by atoms with Crippen LogP contribution >= 0.6 is 0 Å². The number of alkyl halides is 3. The summed E-state index contributed by atoms with van der Waals surface area (Å²) in [6.45, 7) is 0.899. The predicted molar refractivity (Wildman–Crippen MR) is 116 cm³/mol. The van der Waals surface area contributed by atoms with Crippen LogP contribution in [0.2, 0.25) is 0 Å². The number of rotatable bonds is 8. The molecule has 1 heterocycles. The monoisotopic (exact) mass is 501 g/mol. The van der Waals surface area contributed by atoms with E-state index < -0.39 is 66.6 Å². The summed E-state index contributed by atoms with van der Waals surface area (Å²) >= 11 is 0. The summed E-state index contributed by atoms with van der Waals surface area (Å²) < 4.78 is 55.9. The minimum atomic E-state index is -4.69. The van der Waals surface area contributed by atoms with Gasteiger partial charge in [0.15, 0.2) is 6.29 Å². The van der Waals surface area contributed by atoms with Gasteiger partial charge in [-0.2, -0.15) is 13.2 Å². The van der Waals surface area contributed by atoms with Gasteiger partial charge in [0.1, 0.15) is 36.3 Å². The molecular weight excluding hydrogens is 475 g/mol. The van der Waals surface area contributed by atoms with E-state index in [1.165, 1.54) is 30.3 Å². The molecule has 12 heteroatoms. The third kappa shape index (κ3) is 6.69. The molecule has 1 aliphatic rings. The summed E-state index contributed by atoms with van der Waals surface area (Å²) in [7, 11) is 0. The molecule has 5 N–H and O–H groups in total. The highest BCUT2D eigenvalue weighted by atomic mass is 19.4. The van der Waals surface area contributed by atoms with Crippen molar-refractivity contribution in [3.63, 3.8) is 0 Å². The Balaban J connectivity index is 1.59. The summed E-state index contributed by atoms with van der Waals surface area (Å²) in [6.07, 6.45) is -12.4. The Kier molecular flexibility index (Phi) is 8.70. The summed E-state index contributed by atoms with van der Waals surface area (Å²) in [4.78, 5) is 12.5. The molecule has 192 valence electrons. The molecule has 0 saturated carbocycles. The van der Waals surface area contributed by atoms with Crippen molar-refractivity contribution in [2.24, 2.45) is 0 Å². The summed E-state index contributed by atoms with van der Waals surface area (Å²) in [5, 5.41) is 41.3. The van der Waals surface area contributed by atoms with Gasteiger partial charge in [0.25, 0.3) is 5.91 Å². The third-order valence-corrected chi connectivity index (χ3v) is 5.25. The Hall–Kier alpha value is -2.74. The number of hydrogen-bond acceptors (Lipinski definition) is 8. The first-order valence-corrected chi connectivity index (χ1v) is 10.7. The standard InChI is InChI=1S/C23H26F3NO8/c1-12(11-33-22-20(31)19(30)18(29)17(10-28)35-22)34-14-6-4-5-13(9-14)27-21(32)15-7-2-3-8-16(15)23(24,25)26/h2-9,12,17-20,22,28-31H,10-11H2,1H3,(H,27,32)/t12?,17-,18-,19+,20-,22-/m1/s1. The SMILES string of the molecule is CC(CO[C@@H]1O[C@H](CO)[C@@H](O)[C@H](O)[C@H]1O)Oc1cccc(NC(=O)c2ccccc2C(F)(F)F)c1. The van der Waals surface area contributed by atoms with Gasteiger partial charge < -0.3 is 40.0 Å². The number of aliphatic hydroxyl groups is 4. The number of amides is 1. The number of carbonyl (C=O) groups is 1. The van der Waals surface area contributed by atoms with E-state index in [9.17, 15) is 38.4 Å². The van der Waals surface area contributed by atoms with Crippen molar-refractivity contribution in [2.45, 2.75) is 49.9 Å². The molecule has 2 aromatic rings. The van der Waals surface area contributed by atoms with E-state index in [-0.39, 0.29) is 18.0 Å². The van der Waals surface area contributed by atoms with Crippen LogP contribution in [0.3, 0.4) is 0 Å². The molecule has 1 unspecified atom stereocenters. The maximum atomic E-state index is 13.2. The maximum Gasteiger partial charge on any atom is 0.417 e. The van der Waals surface area contributed by atoms with Gasteiger partial charge in [-0.25, -0.2) is 0 Å². The Morgan fingerprint density at radius 1 is 1.09 bits per heavy atom. The molecule has 6 atom stereocenters. The minimum absolute atomic E-state index is 0.127. The van der Waals surface area contributed by atoms with Gasteiger partial charge in [-0.15, -0.1) is 0 Å². The molecule has 0 aliphatic carbocycles. The largest absolute Gasteiger partial charge is 0.488 e. The Labute approximate surface area is 198 Å². The Morgan fingerprint density at radius 2 is 1.80 bits per heavy atom. The lowest BCUT2D eigenvalue weighted by atomic mass is 9.99. The number of nitrogens with one attached hydrogen (secondary N) is 1. The zero-order valence-corrected chi connectivity index (χ0v) is 18.6. The third-order valence-electron chi connectivity index (χ3n) is 5.25. The zero-order chi connectivity index (χ0) is 25.8. The second-order valence-corrected chi connectivity index (χ2v) is 7.98. The van der Waals surface area contributed by atoms with Crippen LogP contribution in [0.15, 0.2) is 48.5 Å². The molecule has 0 spiro atoms. The highest BCUT2D eigenvalue weighted by Crippen LogP contribution is 2.32. The molecule has 3 rings (SSSR count). The predicted octanol–water partition coefficient (Wildman–Crippen LogP) is 1.54. The van der Waals surface area contributed by atoms with Crippen LogP contribution in [0.25, 0.3) is 0 Å². The molecule has 0 bridgehead atoms. The first-order chi connectivity index (χ1) is 16.5. The topological polar surface area (TPSA) is 138 Å². The summed E-state index contributed by atoms with van der Waals surface area (Å²) in [5.74, 6) is -0.661. The lowest BCUT2D eigenvalue weighted by Gasteiger charge is -2.39. The van der Waals surface area contributed by atoms with Crippen LogP contribution in [0.4, 0.5) is 18.9 Å². The average molecular weight is 501 g/mol. The highest BCUT2D eigenvalue weighted by molar-refractivity contribution is 6.05. The molecule has 1 amide bonds. The quantitative estimate of drug-likeness (QED) is 0.367. The first-order valence-electron chi connectivity index (χ1n) is 10.7. The molecule has 1 saturated heterocycles. The molecule has 1 fully saturated rings. The first kappa shape index (κ1) is 26.9. The van der Waals surface area contributed by atoms with Crippen molar-refractivity contribution in [2.75, 3.05) is 18.5 Å². The number of aliphatic hydroxyl groups excluding tert-OH is 4. The second-order valence-electron chi connectivity index (χ2n) is 7.98. The molecule has 9 nitrogen and oxygen atoms in total. The van der Waals surface area contributed by atoms with E-state index in [0.717, 1.165) is 12.1 Å². The number of carbonyl (C=O) groups excluding carboxylic acids is 1. The molecule has 2 aromatic carbocycles. The molecule has 0 radical (unpaired) electrons. The lowest BCUT2D eigenvalue weighted by molar-refractivity contribution is -0.303. The normalized spacial score (nSPS) is 25.7. The number of ether oxygens (including phenoxy) is 3. The summed E-state index contributed by atoms with van der Waals surface area (Å²) in [6, 6.07) is 10.4. The zero-order valence-electron chi connectivity index (χ0n) is 18.6. The van der Waals surface area contributed by atoms with Crippen molar-refractivity contribution < 1.29 is 52.6 Å². The van der Waals surface area contributed by atoms with Gasteiger partial charge >= 0.3 is 6.18 Å². The van der Waals surface area contributed by atoms with Gasteiger partial charge in [-0.05, 0) is 31.2 Å². The highest BCUT2D eigenvalue weighted by Gasteiger charge is 2.44. The Bertz CT molecular complexity index is 1000. The minimum Gasteiger partial charge on any atom is -0.488 e.